The number of hydrogen-bond acceptors (Lipinski definition) is 2. The van der Waals surface area contributed by atoms with Gasteiger partial charge in [-0.15, -0.1) is 12.4 Å². The van der Waals surface area contributed by atoms with Gasteiger partial charge in [-0.1, -0.05) is 38.5 Å². The standard InChI is InChI=1S/C20H29FN2O.ClH/c1-20(2,16-8-3-4-9-17(16)21)12-23-19(24)15-10-13-6-5-7-14(11-15)18(13)22;/h3-4,8-9,13-15,18H,5-7,10-12,22H2,1-2H3,(H,23,24);1H. The van der Waals surface area contributed by atoms with Crippen molar-refractivity contribution in [2.75, 3.05) is 6.54 Å². The summed E-state index contributed by atoms with van der Waals surface area (Å²) in [5, 5.41) is 3.08. The number of hydrogen-bond donors (Lipinski definition) is 2. The van der Waals surface area contributed by atoms with Crippen LogP contribution in [0.3, 0.4) is 0 Å². The maximum atomic E-state index is 14.0. The summed E-state index contributed by atoms with van der Waals surface area (Å²) in [6.45, 7) is 4.39. The van der Waals surface area contributed by atoms with Crippen LogP contribution in [0, 0.1) is 23.6 Å². The molecule has 3 rings (SSSR count). The maximum absolute atomic E-state index is 14.0. The number of rotatable bonds is 4. The highest BCUT2D eigenvalue weighted by atomic mass is 35.5. The van der Waals surface area contributed by atoms with E-state index in [0.29, 0.717) is 23.9 Å². The van der Waals surface area contributed by atoms with E-state index in [4.69, 9.17) is 5.73 Å². The number of nitrogens with two attached hydrogens (primary N) is 1. The number of benzene rings is 1. The Balaban J connectivity index is 0.00000225. The first-order chi connectivity index (χ1) is 11.4. The molecule has 2 fully saturated rings. The van der Waals surface area contributed by atoms with Gasteiger partial charge in [-0.25, -0.2) is 4.39 Å². The Hall–Kier alpha value is -1.13. The molecule has 2 aliphatic rings. The van der Waals surface area contributed by atoms with Crippen LogP contribution >= 0.6 is 12.4 Å². The Bertz CT molecular complexity index is 593. The normalized spacial score (nSPS) is 28.8. The zero-order chi connectivity index (χ0) is 17.3. The van der Waals surface area contributed by atoms with Gasteiger partial charge >= 0.3 is 0 Å². The summed E-state index contributed by atoms with van der Waals surface area (Å²) in [6.07, 6.45) is 5.37. The predicted octanol–water partition coefficient (Wildman–Crippen LogP) is 3.79. The molecule has 0 heterocycles. The summed E-state index contributed by atoms with van der Waals surface area (Å²) >= 11 is 0. The summed E-state index contributed by atoms with van der Waals surface area (Å²) in [7, 11) is 0. The van der Waals surface area contributed by atoms with Gasteiger partial charge in [-0.05, 0) is 49.1 Å². The molecule has 1 aromatic carbocycles. The zero-order valence-corrected chi connectivity index (χ0v) is 15.9. The third kappa shape index (κ3) is 4.35. The quantitative estimate of drug-likeness (QED) is 0.849. The van der Waals surface area contributed by atoms with Crippen LogP contribution in [0.4, 0.5) is 4.39 Å². The van der Waals surface area contributed by atoms with Gasteiger partial charge in [0.25, 0.3) is 0 Å². The van der Waals surface area contributed by atoms with E-state index in [9.17, 15) is 9.18 Å². The van der Waals surface area contributed by atoms with Gasteiger partial charge in [-0.2, -0.15) is 0 Å². The average molecular weight is 369 g/mol. The lowest BCUT2D eigenvalue weighted by Crippen LogP contribution is -2.50. The van der Waals surface area contributed by atoms with E-state index in [2.05, 4.69) is 5.32 Å². The molecule has 3 N–H and O–H groups in total. The highest BCUT2D eigenvalue weighted by Crippen LogP contribution is 2.42. The number of fused-ring (bicyclic) bond motifs is 2. The van der Waals surface area contributed by atoms with Crippen LogP contribution in [0.15, 0.2) is 24.3 Å². The van der Waals surface area contributed by atoms with E-state index < -0.39 is 5.41 Å². The van der Waals surface area contributed by atoms with Crippen molar-refractivity contribution in [3.8, 4) is 0 Å². The molecule has 0 saturated heterocycles. The molecule has 2 aliphatic carbocycles. The number of nitrogens with one attached hydrogen (secondary N) is 1. The van der Waals surface area contributed by atoms with Crippen molar-refractivity contribution in [2.45, 2.75) is 57.4 Å². The summed E-state index contributed by atoms with van der Waals surface area (Å²) in [5.41, 5.74) is 6.53. The van der Waals surface area contributed by atoms with Gasteiger partial charge in [-0.3, -0.25) is 4.79 Å². The van der Waals surface area contributed by atoms with E-state index in [1.54, 1.807) is 12.1 Å². The summed E-state index contributed by atoms with van der Waals surface area (Å²) < 4.78 is 14.0. The maximum Gasteiger partial charge on any atom is 0.223 e. The molecule has 1 aromatic rings. The van der Waals surface area contributed by atoms with Crippen LogP contribution in [-0.4, -0.2) is 18.5 Å². The second-order valence-electron chi connectivity index (χ2n) is 8.28. The molecule has 5 heteroatoms. The van der Waals surface area contributed by atoms with Crippen molar-refractivity contribution in [2.24, 2.45) is 23.5 Å². The molecule has 0 spiro atoms. The number of carbonyl (C=O) groups is 1. The minimum absolute atomic E-state index is 0. The lowest BCUT2D eigenvalue weighted by Gasteiger charge is -2.43. The molecule has 2 saturated carbocycles. The van der Waals surface area contributed by atoms with Gasteiger partial charge in [0.1, 0.15) is 5.82 Å². The van der Waals surface area contributed by atoms with Crippen molar-refractivity contribution < 1.29 is 9.18 Å². The van der Waals surface area contributed by atoms with Crippen molar-refractivity contribution >= 4 is 18.3 Å². The molecule has 0 aromatic heterocycles. The largest absolute Gasteiger partial charge is 0.355 e. The molecular formula is C20H30ClFN2O. The summed E-state index contributed by atoms with van der Waals surface area (Å²) in [6, 6.07) is 7.08. The molecule has 0 aliphatic heterocycles. The molecular weight excluding hydrogens is 339 g/mol. The second kappa shape index (κ2) is 8.05. The highest BCUT2D eigenvalue weighted by Gasteiger charge is 2.40. The molecule has 3 nitrogen and oxygen atoms in total. The molecule has 2 unspecified atom stereocenters. The van der Waals surface area contributed by atoms with Gasteiger partial charge in [0.15, 0.2) is 0 Å². The molecule has 25 heavy (non-hydrogen) atoms. The van der Waals surface area contributed by atoms with Crippen molar-refractivity contribution in [1.29, 1.82) is 0 Å². The number of halogens is 2. The topological polar surface area (TPSA) is 55.1 Å². The van der Waals surface area contributed by atoms with Crippen molar-refractivity contribution in [3.05, 3.63) is 35.6 Å². The van der Waals surface area contributed by atoms with Crippen LogP contribution in [0.25, 0.3) is 0 Å². The third-order valence-electron chi connectivity index (χ3n) is 6.09. The van der Waals surface area contributed by atoms with E-state index >= 15 is 0 Å². The Morgan fingerprint density at radius 1 is 1.24 bits per heavy atom. The first-order valence-corrected chi connectivity index (χ1v) is 9.17. The fourth-order valence-corrected chi connectivity index (χ4v) is 4.56. The van der Waals surface area contributed by atoms with E-state index in [-0.39, 0.29) is 36.1 Å². The molecule has 2 bridgehead atoms. The van der Waals surface area contributed by atoms with Crippen LogP contribution in [0.5, 0.6) is 0 Å². The lowest BCUT2D eigenvalue weighted by atomic mass is 9.65. The SMILES string of the molecule is CC(C)(CNC(=O)C1CC2CCCC(C1)C2N)c1ccccc1F.Cl. The Kier molecular flexibility index (Phi) is 6.50. The van der Waals surface area contributed by atoms with Crippen LogP contribution in [0.1, 0.15) is 51.5 Å². The second-order valence-corrected chi connectivity index (χ2v) is 8.28. The van der Waals surface area contributed by atoms with E-state index in [1.807, 2.05) is 19.9 Å². The fourth-order valence-electron chi connectivity index (χ4n) is 4.56. The Morgan fingerprint density at radius 2 is 1.84 bits per heavy atom. The molecule has 1 amide bonds. The smallest absolute Gasteiger partial charge is 0.223 e. The third-order valence-corrected chi connectivity index (χ3v) is 6.09. The molecule has 2 atom stereocenters. The fraction of sp³-hybridized carbons (Fsp3) is 0.650. The van der Waals surface area contributed by atoms with Crippen LogP contribution in [-0.2, 0) is 10.2 Å². The van der Waals surface area contributed by atoms with E-state index in [1.165, 1.54) is 12.5 Å². The average Bonchev–Trinajstić information content (AvgIpc) is 2.52. The van der Waals surface area contributed by atoms with Crippen molar-refractivity contribution in [3.63, 3.8) is 0 Å². The zero-order valence-electron chi connectivity index (χ0n) is 15.1. The highest BCUT2D eigenvalue weighted by molar-refractivity contribution is 5.85. The van der Waals surface area contributed by atoms with Crippen molar-refractivity contribution in [1.82, 2.24) is 5.32 Å². The first-order valence-electron chi connectivity index (χ1n) is 9.17. The minimum Gasteiger partial charge on any atom is -0.355 e. The van der Waals surface area contributed by atoms with Gasteiger partial charge in [0.2, 0.25) is 5.91 Å². The first kappa shape index (κ1) is 20.2. The Morgan fingerprint density at radius 3 is 2.44 bits per heavy atom. The van der Waals surface area contributed by atoms with Gasteiger partial charge < -0.3 is 11.1 Å². The van der Waals surface area contributed by atoms with Crippen LogP contribution in [0.2, 0.25) is 0 Å². The monoisotopic (exact) mass is 368 g/mol. The summed E-state index contributed by atoms with van der Waals surface area (Å²) in [5.74, 6) is 0.954. The number of amides is 1. The summed E-state index contributed by atoms with van der Waals surface area (Å²) in [4.78, 5) is 12.7. The van der Waals surface area contributed by atoms with Gasteiger partial charge in [0.05, 0.1) is 0 Å². The molecule has 140 valence electrons. The lowest BCUT2D eigenvalue weighted by molar-refractivity contribution is -0.128. The Labute approximate surface area is 156 Å². The number of carbonyl (C=O) groups excluding carboxylic acids is 1. The van der Waals surface area contributed by atoms with Gasteiger partial charge in [0, 0.05) is 23.9 Å². The molecule has 0 radical (unpaired) electrons. The minimum atomic E-state index is -0.429. The van der Waals surface area contributed by atoms with Crippen LogP contribution < -0.4 is 11.1 Å². The predicted molar refractivity (Wildman–Crippen MR) is 101 cm³/mol. The van der Waals surface area contributed by atoms with E-state index in [0.717, 1.165) is 25.7 Å².